The molecule has 0 radical (unpaired) electrons. The molecule has 1 heterocycles. The number of hydrogen-bond acceptors (Lipinski definition) is 2. The standard InChI is InChI=1S/C5H9F2NO.ClH/c6-5(7)3-1-8-2-4(3)9;/h3-5,8-9H,1-2H2;1H. The summed E-state index contributed by atoms with van der Waals surface area (Å²) in [4.78, 5) is 0. The van der Waals surface area contributed by atoms with Crippen LogP contribution in [0.15, 0.2) is 0 Å². The second-order valence-electron chi connectivity index (χ2n) is 2.22. The summed E-state index contributed by atoms with van der Waals surface area (Å²) in [5.74, 6) is -0.856. The summed E-state index contributed by atoms with van der Waals surface area (Å²) in [6.07, 6.45) is -3.25. The Morgan fingerprint density at radius 3 is 2.20 bits per heavy atom. The molecule has 1 aliphatic heterocycles. The third kappa shape index (κ3) is 2.04. The molecule has 62 valence electrons. The van der Waals surface area contributed by atoms with E-state index in [0.29, 0.717) is 6.54 Å². The highest BCUT2D eigenvalue weighted by molar-refractivity contribution is 5.85. The predicted molar refractivity (Wildman–Crippen MR) is 35.6 cm³/mol. The van der Waals surface area contributed by atoms with Gasteiger partial charge in [-0.05, 0) is 0 Å². The quantitative estimate of drug-likeness (QED) is 0.596. The van der Waals surface area contributed by atoms with Crippen molar-refractivity contribution in [3.63, 3.8) is 0 Å². The molecular formula is C5H10ClF2NO. The molecule has 5 heteroatoms. The molecule has 2 nitrogen and oxygen atoms in total. The average molecular weight is 174 g/mol. The topological polar surface area (TPSA) is 32.3 Å². The van der Waals surface area contributed by atoms with Crippen LogP contribution >= 0.6 is 12.4 Å². The minimum Gasteiger partial charge on any atom is -0.391 e. The van der Waals surface area contributed by atoms with E-state index in [1.54, 1.807) is 0 Å². The number of halogens is 3. The van der Waals surface area contributed by atoms with Crippen LogP contribution < -0.4 is 5.32 Å². The fourth-order valence-electron chi connectivity index (χ4n) is 0.942. The van der Waals surface area contributed by atoms with E-state index in [2.05, 4.69) is 5.32 Å². The molecular weight excluding hydrogens is 164 g/mol. The van der Waals surface area contributed by atoms with Crippen molar-refractivity contribution in [3.8, 4) is 0 Å². The molecule has 1 rings (SSSR count). The molecule has 2 unspecified atom stereocenters. The summed E-state index contributed by atoms with van der Waals surface area (Å²) < 4.78 is 23.6. The van der Waals surface area contributed by atoms with Gasteiger partial charge in [0.15, 0.2) is 0 Å². The Hall–Kier alpha value is 0.0700. The van der Waals surface area contributed by atoms with E-state index in [1.807, 2.05) is 0 Å². The summed E-state index contributed by atoms with van der Waals surface area (Å²) >= 11 is 0. The predicted octanol–water partition coefficient (Wildman–Crippen LogP) is 0.254. The van der Waals surface area contributed by atoms with Crippen molar-refractivity contribution in [2.75, 3.05) is 13.1 Å². The lowest BCUT2D eigenvalue weighted by molar-refractivity contribution is 0.0203. The highest BCUT2D eigenvalue weighted by atomic mass is 35.5. The number of aliphatic hydroxyl groups excluding tert-OH is 1. The maximum Gasteiger partial charge on any atom is 0.245 e. The van der Waals surface area contributed by atoms with Gasteiger partial charge in [-0.1, -0.05) is 0 Å². The van der Waals surface area contributed by atoms with E-state index in [1.165, 1.54) is 0 Å². The average Bonchev–Trinajstić information content (AvgIpc) is 2.13. The molecule has 0 saturated carbocycles. The van der Waals surface area contributed by atoms with Gasteiger partial charge in [0, 0.05) is 13.1 Å². The van der Waals surface area contributed by atoms with E-state index < -0.39 is 18.4 Å². The largest absolute Gasteiger partial charge is 0.391 e. The molecule has 0 aliphatic carbocycles. The highest BCUT2D eigenvalue weighted by Gasteiger charge is 2.32. The zero-order valence-electron chi connectivity index (χ0n) is 5.26. The molecule has 1 fully saturated rings. The monoisotopic (exact) mass is 173 g/mol. The molecule has 0 spiro atoms. The van der Waals surface area contributed by atoms with Gasteiger partial charge in [-0.3, -0.25) is 0 Å². The molecule has 0 bridgehead atoms. The van der Waals surface area contributed by atoms with E-state index in [4.69, 9.17) is 5.11 Å². The summed E-state index contributed by atoms with van der Waals surface area (Å²) in [6, 6.07) is 0. The molecule has 2 N–H and O–H groups in total. The smallest absolute Gasteiger partial charge is 0.245 e. The fraction of sp³-hybridized carbons (Fsp3) is 1.00. The van der Waals surface area contributed by atoms with Gasteiger partial charge in [0.25, 0.3) is 0 Å². The summed E-state index contributed by atoms with van der Waals surface area (Å²) in [5, 5.41) is 11.5. The lowest BCUT2D eigenvalue weighted by atomic mass is 10.1. The third-order valence-electron chi connectivity index (χ3n) is 1.55. The third-order valence-corrected chi connectivity index (χ3v) is 1.55. The minimum atomic E-state index is -2.39. The van der Waals surface area contributed by atoms with Crippen molar-refractivity contribution in [1.29, 1.82) is 0 Å². The number of nitrogens with one attached hydrogen (secondary N) is 1. The zero-order chi connectivity index (χ0) is 6.85. The molecule has 0 aromatic carbocycles. The van der Waals surface area contributed by atoms with Gasteiger partial charge >= 0.3 is 0 Å². The maximum absolute atomic E-state index is 11.8. The van der Waals surface area contributed by atoms with Gasteiger partial charge in [0.1, 0.15) is 0 Å². The van der Waals surface area contributed by atoms with Crippen molar-refractivity contribution < 1.29 is 13.9 Å². The second-order valence-corrected chi connectivity index (χ2v) is 2.22. The van der Waals surface area contributed by atoms with Gasteiger partial charge < -0.3 is 10.4 Å². The first-order chi connectivity index (χ1) is 4.22. The SMILES string of the molecule is Cl.OC1CNCC1C(F)F. The zero-order valence-corrected chi connectivity index (χ0v) is 6.07. The first-order valence-electron chi connectivity index (χ1n) is 2.88. The lowest BCUT2D eigenvalue weighted by Crippen LogP contribution is -2.24. The Morgan fingerprint density at radius 1 is 1.40 bits per heavy atom. The van der Waals surface area contributed by atoms with E-state index >= 15 is 0 Å². The van der Waals surface area contributed by atoms with Gasteiger partial charge in [-0.25, -0.2) is 8.78 Å². The van der Waals surface area contributed by atoms with Crippen LogP contribution in [0.25, 0.3) is 0 Å². The minimum absolute atomic E-state index is 0. The highest BCUT2D eigenvalue weighted by Crippen LogP contribution is 2.16. The van der Waals surface area contributed by atoms with Gasteiger partial charge in [-0.2, -0.15) is 0 Å². The van der Waals surface area contributed by atoms with Crippen LogP contribution in [0.4, 0.5) is 8.78 Å². The van der Waals surface area contributed by atoms with Gasteiger partial charge in [-0.15, -0.1) is 12.4 Å². The normalized spacial score (nSPS) is 32.4. The van der Waals surface area contributed by atoms with Crippen LogP contribution in [0, 0.1) is 5.92 Å². The Labute approximate surface area is 64.0 Å². The molecule has 1 aliphatic rings. The van der Waals surface area contributed by atoms with Gasteiger partial charge in [0.05, 0.1) is 12.0 Å². The Morgan fingerprint density at radius 2 is 2.00 bits per heavy atom. The van der Waals surface area contributed by atoms with Crippen LogP contribution in [-0.2, 0) is 0 Å². The van der Waals surface area contributed by atoms with Crippen LogP contribution in [0.2, 0.25) is 0 Å². The fourth-order valence-corrected chi connectivity index (χ4v) is 0.942. The van der Waals surface area contributed by atoms with E-state index in [0.717, 1.165) is 0 Å². The molecule has 0 aromatic heterocycles. The summed E-state index contributed by atoms with van der Waals surface area (Å²) in [7, 11) is 0. The van der Waals surface area contributed by atoms with Gasteiger partial charge in [0.2, 0.25) is 6.43 Å². The first kappa shape index (κ1) is 10.1. The summed E-state index contributed by atoms with van der Waals surface area (Å²) in [6.45, 7) is 0.536. The number of alkyl halides is 2. The van der Waals surface area contributed by atoms with E-state index in [-0.39, 0.29) is 19.0 Å². The first-order valence-corrected chi connectivity index (χ1v) is 2.88. The molecule has 2 atom stereocenters. The van der Waals surface area contributed by atoms with Crippen LogP contribution in [0.3, 0.4) is 0 Å². The maximum atomic E-state index is 11.8. The number of rotatable bonds is 1. The molecule has 10 heavy (non-hydrogen) atoms. The molecule has 1 saturated heterocycles. The Balaban J connectivity index is 0.000000810. The Kier molecular flexibility index (Phi) is 4.08. The lowest BCUT2D eigenvalue weighted by Gasteiger charge is -2.10. The number of hydrogen-bond donors (Lipinski definition) is 2. The van der Waals surface area contributed by atoms with Crippen molar-refractivity contribution in [3.05, 3.63) is 0 Å². The van der Waals surface area contributed by atoms with Crippen molar-refractivity contribution >= 4 is 12.4 Å². The molecule has 0 aromatic rings. The van der Waals surface area contributed by atoms with Crippen molar-refractivity contribution in [2.24, 2.45) is 5.92 Å². The van der Waals surface area contributed by atoms with E-state index in [9.17, 15) is 8.78 Å². The van der Waals surface area contributed by atoms with Crippen molar-refractivity contribution in [2.45, 2.75) is 12.5 Å². The van der Waals surface area contributed by atoms with Crippen LogP contribution in [-0.4, -0.2) is 30.7 Å². The second kappa shape index (κ2) is 4.05. The Bertz CT molecular complexity index is 104. The summed E-state index contributed by atoms with van der Waals surface area (Å²) in [5.41, 5.74) is 0. The molecule has 0 amide bonds. The number of β-amino-alcohol motifs (C(OH)–C–C–N with tert-alkyl or cyclic N) is 1. The van der Waals surface area contributed by atoms with Crippen LogP contribution in [0.1, 0.15) is 0 Å². The van der Waals surface area contributed by atoms with Crippen LogP contribution in [0.5, 0.6) is 0 Å². The number of aliphatic hydroxyl groups is 1. The van der Waals surface area contributed by atoms with Crippen molar-refractivity contribution in [1.82, 2.24) is 5.32 Å².